The Morgan fingerprint density at radius 3 is 2.58 bits per heavy atom. The van der Waals surface area contributed by atoms with Crippen molar-refractivity contribution in [1.82, 2.24) is 23.8 Å². The lowest BCUT2D eigenvalue weighted by Crippen LogP contribution is -2.38. The topological polar surface area (TPSA) is 80.1 Å². The predicted octanol–water partition coefficient (Wildman–Crippen LogP) is 1.95. The van der Waals surface area contributed by atoms with E-state index in [9.17, 15) is 8.42 Å². The third kappa shape index (κ3) is 4.62. The molecule has 0 unspecified atom stereocenters. The van der Waals surface area contributed by atoms with Gasteiger partial charge >= 0.3 is 0 Å². The number of unbranched alkanes of at least 4 members (excludes halogenated alkanes) is 1. The zero-order valence-corrected chi connectivity index (χ0v) is 15.5. The summed E-state index contributed by atoms with van der Waals surface area (Å²) in [6.45, 7) is 6.66. The summed E-state index contributed by atoms with van der Waals surface area (Å²) < 4.78 is 30.0. The van der Waals surface area contributed by atoms with Gasteiger partial charge in [0.25, 0.3) is 10.2 Å². The van der Waals surface area contributed by atoms with Crippen molar-refractivity contribution in [3.05, 3.63) is 41.3 Å². The molecule has 0 fully saturated rings. The monoisotopic (exact) mass is 351 g/mol. The molecule has 0 aliphatic carbocycles. The van der Waals surface area contributed by atoms with E-state index in [0.717, 1.165) is 29.8 Å². The molecule has 0 spiro atoms. The number of nitrogens with one attached hydrogen (secondary N) is 1. The van der Waals surface area contributed by atoms with Crippen LogP contribution in [0.1, 0.15) is 36.7 Å². The number of hydrogen-bond acceptors (Lipinski definition) is 4. The van der Waals surface area contributed by atoms with Gasteiger partial charge in [-0.05, 0) is 38.0 Å². The Morgan fingerprint density at radius 2 is 2.04 bits per heavy atom. The van der Waals surface area contributed by atoms with Gasteiger partial charge in [0, 0.05) is 32.0 Å². The van der Waals surface area contributed by atoms with E-state index >= 15 is 0 Å². The van der Waals surface area contributed by atoms with Crippen LogP contribution >= 0.6 is 0 Å². The Morgan fingerprint density at radius 1 is 1.29 bits per heavy atom. The molecule has 0 bridgehead atoms. The summed E-state index contributed by atoms with van der Waals surface area (Å²) in [4.78, 5) is 4.37. The number of rotatable bonds is 8. The van der Waals surface area contributed by atoms with Crippen molar-refractivity contribution in [3.63, 3.8) is 0 Å². The van der Waals surface area contributed by atoms with Crippen molar-refractivity contribution in [1.29, 1.82) is 0 Å². The summed E-state index contributed by atoms with van der Waals surface area (Å²) in [6, 6.07) is 5.67. The Balaban J connectivity index is 2.00. The first kappa shape index (κ1) is 18.6. The zero-order valence-electron chi connectivity index (χ0n) is 14.7. The van der Waals surface area contributed by atoms with Crippen molar-refractivity contribution < 1.29 is 8.42 Å². The van der Waals surface area contributed by atoms with Gasteiger partial charge in [0.2, 0.25) is 0 Å². The molecule has 0 atom stereocenters. The highest BCUT2D eigenvalue weighted by molar-refractivity contribution is 7.87. The molecule has 0 aromatic carbocycles. The fraction of sp³-hybridized carbons (Fsp3) is 0.500. The van der Waals surface area contributed by atoms with Crippen LogP contribution in [0.15, 0.2) is 24.4 Å². The van der Waals surface area contributed by atoms with E-state index < -0.39 is 10.2 Å². The number of nitrogens with zero attached hydrogens (tertiary/aromatic N) is 4. The van der Waals surface area contributed by atoms with Crippen LogP contribution in [0.3, 0.4) is 0 Å². The molecular weight excluding hydrogens is 326 g/mol. The maximum atomic E-state index is 12.1. The Kier molecular flexibility index (Phi) is 6.09. The molecule has 0 saturated heterocycles. The van der Waals surface area contributed by atoms with Crippen molar-refractivity contribution in [2.45, 2.75) is 40.2 Å². The highest BCUT2D eigenvalue weighted by Crippen LogP contribution is 2.10. The second-order valence-electron chi connectivity index (χ2n) is 5.86. The maximum absolute atomic E-state index is 12.1. The van der Waals surface area contributed by atoms with Gasteiger partial charge in [-0.2, -0.15) is 22.5 Å². The maximum Gasteiger partial charge on any atom is 0.279 e. The third-order valence-electron chi connectivity index (χ3n) is 3.73. The normalized spacial score (nSPS) is 12.0. The molecule has 24 heavy (non-hydrogen) atoms. The van der Waals surface area contributed by atoms with Crippen molar-refractivity contribution in [2.75, 3.05) is 13.6 Å². The lowest BCUT2D eigenvalue weighted by atomic mass is 10.3. The van der Waals surface area contributed by atoms with Gasteiger partial charge in [0.1, 0.15) is 0 Å². The molecule has 2 rings (SSSR count). The highest BCUT2D eigenvalue weighted by Gasteiger charge is 2.16. The first-order chi connectivity index (χ1) is 11.3. The van der Waals surface area contributed by atoms with E-state index in [4.69, 9.17) is 0 Å². The SMILES string of the molecule is CCCCN(C)S(=O)(=O)NCc1ccc(-n2nc(C)cc2C)nc1. The van der Waals surface area contributed by atoms with Gasteiger partial charge in [0.05, 0.1) is 5.69 Å². The molecule has 2 aromatic heterocycles. The Hall–Kier alpha value is -1.77. The van der Waals surface area contributed by atoms with Crippen LogP contribution in [-0.4, -0.2) is 41.1 Å². The summed E-state index contributed by atoms with van der Waals surface area (Å²) in [5.74, 6) is 0.715. The molecule has 0 radical (unpaired) electrons. The molecule has 2 aromatic rings. The molecule has 1 N–H and O–H groups in total. The molecular formula is C16H25N5O2S. The first-order valence-corrected chi connectivity index (χ1v) is 9.47. The van der Waals surface area contributed by atoms with Crippen molar-refractivity contribution >= 4 is 10.2 Å². The van der Waals surface area contributed by atoms with Crippen LogP contribution in [0.5, 0.6) is 0 Å². The number of aryl methyl sites for hydroxylation is 2. The summed E-state index contributed by atoms with van der Waals surface area (Å²) in [7, 11) is -1.87. The number of aromatic nitrogens is 3. The summed E-state index contributed by atoms with van der Waals surface area (Å²) in [6.07, 6.45) is 3.47. The molecule has 2 heterocycles. The Labute approximate surface area is 143 Å². The minimum atomic E-state index is -3.46. The van der Waals surface area contributed by atoms with Crippen molar-refractivity contribution in [2.24, 2.45) is 0 Å². The van der Waals surface area contributed by atoms with E-state index in [1.54, 1.807) is 17.9 Å². The first-order valence-electron chi connectivity index (χ1n) is 8.03. The van der Waals surface area contributed by atoms with Gasteiger partial charge in [-0.3, -0.25) is 0 Å². The largest absolute Gasteiger partial charge is 0.279 e. The molecule has 0 aliphatic heterocycles. The molecule has 0 aliphatic rings. The second kappa shape index (κ2) is 7.87. The highest BCUT2D eigenvalue weighted by atomic mass is 32.2. The van der Waals surface area contributed by atoms with Gasteiger partial charge in [-0.1, -0.05) is 19.4 Å². The fourth-order valence-corrected chi connectivity index (χ4v) is 3.23. The number of pyridine rings is 1. The predicted molar refractivity (Wildman–Crippen MR) is 94.1 cm³/mol. The lowest BCUT2D eigenvalue weighted by molar-refractivity contribution is 0.448. The van der Waals surface area contributed by atoms with Crippen LogP contribution in [0.25, 0.3) is 5.82 Å². The van der Waals surface area contributed by atoms with E-state index in [1.165, 1.54) is 4.31 Å². The quantitative estimate of drug-likeness (QED) is 0.788. The second-order valence-corrected chi connectivity index (χ2v) is 7.73. The minimum absolute atomic E-state index is 0.212. The summed E-state index contributed by atoms with van der Waals surface area (Å²) in [5.41, 5.74) is 2.74. The van der Waals surface area contributed by atoms with E-state index in [2.05, 4.69) is 14.8 Å². The van der Waals surface area contributed by atoms with Gasteiger partial charge in [0.15, 0.2) is 5.82 Å². The molecule has 0 amide bonds. The van der Waals surface area contributed by atoms with Crippen LogP contribution in [0.2, 0.25) is 0 Å². The average molecular weight is 351 g/mol. The van der Waals surface area contributed by atoms with Crippen LogP contribution in [-0.2, 0) is 16.8 Å². The van der Waals surface area contributed by atoms with E-state index in [0.29, 0.717) is 12.4 Å². The van der Waals surface area contributed by atoms with Crippen LogP contribution in [0.4, 0.5) is 0 Å². The van der Waals surface area contributed by atoms with Crippen LogP contribution < -0.4 is 4.72 Å². The molecule has 7 nitrogen and oxygen atoms in total. The standard InChI is InChI=1S/C16H25N5O2S/c1-5-6-9-20(4)24(22,23)18-12-15-7-8-16(17-11-15)21-14(3)10-13(2)19-21/h7-8,10-11,18H,5-6,9,12H2,1-4H3. The zero-order chi connectivity index (χ0) is 17.7. The van der Waals surface area contributed by atoms with Crippen molar-refractivity contribution in [3.8, 4) is 5.82 Å². The van der Waals surface area contributed by atoms with Crippen LogP contribution in [0, 0.1) is 13.8 Å². The smallest absolute Gasteiger partial charge is 0.237 e. The average Bonchev–Trinajstić information content (AvgIpc) is 2.89. The Bertz CT molecular complexity index is 768. The summed E-state index contributed by atoms with van der Waals surface area (Å²) >= 11 is 0. The van der Waals surface area contributed by atoms with E-state index in [-0.39, 0.29) is 6.54 Å². The third-order valence-corrected chi connectivity index (χ3v) is 5.24. The van der Waals surface area contributed by atoms with Gasteiger partial charge in [-0.15, -0.1) is 0 Å². The fourth-order valence-electron chi connectivity index (χ4n) is 2.29. The molecule has 0 saturated carbocycles. The molecule has 8 heteroatoms. The minimum Gasteiger partial charge on any atom is -0.237 e. The number of hydrogen-bond donors (Lipinski definition) is 1. The lowest BCUT2D eigenvalue weighted by Gasteiger charge is -2.17. The summed E-state index contributed by atoms with van der Waals surface area (Å²) in [5, 5.41) is 4.38. The molecule has 132 valence electrons. The van der Waals surface area contributed by atoms with E-state index in [1.807, 2.05) is 39.0 Å². The van der Waals surface area contributed by atoms with Gasteiger partial charge in [-0.25, -0.2) is 9.67 Å². The van der Waals surface area contributed by atoms with Gasteiger partial charge < -0.3 is 0 Å².